The molecule has 3 unspecified atom stereocenters. The molecule has 2 aromatic carbocycles. The zero-order valence-corrected chi connectivity index (χ0v) is 42.5. The fourth-order valence-corrected chi connectivity index (χ4v) is 10.1. The van der Waals surface area contributed by atoms with E-state index < -0.39 is 139 Å². The van der Waals surface area contributed by atoms with Crippen molar-refractivity contribution in [3.63, 3.8) is 0 Å². The second kappa shape index (κ2) is 29.9. The minimum absolute atomic E-state index is 0.00106. The third kappa shape index (κ3) is 20.3. The van der Waals surface area contributed by atoms with E-state index in [9.17, 15) is 57.8 Å². The van der Waals surface area contributed by atoms with Crippen LogP contribution in [0.4, 0.5) is 0 Å². The van der Waals surface area contributed by atoms with Crippen LogP contribution in [-0.2, 0) is 65.6 Å². The molecule has 2 saturated heterocycles. The summed E-state index contributed by atoms with van der Waals surface area (Å²) in [6.07, 6.45) is -1.38. The molecule has 0 saturated carbocycles. The highest BCUT2D eigenvalue weighted by molar-refractivity contribution is 8.76. The van der Waals surface area contributed by atoms with E-state index in [4.69, 9.17) is 34.4 Å². The number of likely N-dealkylation sites (tertiary alicyclic amines) is 1. The Hall–Kier alpha value is -7.66. The normalized spacial score (nSPS) is 22.6. The first-order valence-corrected chi connectivity index (χ1v) is 26.2. The maximum Gasteiger partial charge on any atom is 0.246 e. The highest BCUT2D eigenvalue weighted by Gasteiger charge is 2.40. The van der Waals surface area contributed by atoms with Gasteiger partial charge in [-0.25, -0.2) is 0 Å². The molecule has 0 radical (unpaired) electrons. The van der Waals surface area contributed by atoms with Crippen molar-refractivity contribution in [3.8, 4) is 5.75 Å². The van der Waals surface area contributed by atoms with Gasteiger partial charge < -0.3 is 81.6 Å². The largest absolute Gasteiger partial charge is 0.508 e. The van der Waals surface area contributed by atoms with Crippen molar-refractivity contribution in [1.29, 1.82) is 0 Å². The molecule has 408 valence electrons. The Bertz CT molecular complexity index is 2420. The van der Waals surface area contributed by atoms with Crippen LogP contribution in [0.5, 0.6) is 5.75 Å². The second-order valence-corrected chi connectivity index (χ2v) is 20.2. The number of aromatic hydroxyl groups is 1. The first-order valence-electron chi connectivity index (χ1n) is 23.7. The number of nitrogens with zero attached hydrogens (tertiary/aromatic N) is 2. The summed E-state index contributed by atoms with van der Waals surface area (Å²) in [5.74, 6) is -10.5. The fourth-order valence-electron chi connectivity index (χ4n) is 7.80. The molecule has 4 rings (SSSR count). The molecule has 0 aromatic heterocycles. The number of carbonyl (C=O) groups is 11. The molecule has 0 bridgehead atoms. The van der Waals surface area contributed by atoms with Gasteiger partial charge in [0.25, 0.3) is 0 Å². The van der Waals surface area contributed by atoms with Gasteiger partial charge in [0.05, 0.1) is 19.0 Å². The fraction of sp³-hybridized carbons (Fsp3) is 0.478. The van der Waals surface area contributed by atoms with Crippen molar-refractivity contribution in [3.05, 3.63) is 65.7 Å². The van der Waals surface area contributed by atoms with Crippen molar-refractivity contribution in [2.75, 3.05) is 31.1 Å². The molecule has 11 amide bonds. The number of phenols is 1. The van der Waals surface area contributed by atoms with E-state index in [0.717, 1.165) is 21.6 Å². The molecular formula is C46H65N15O12S2. The van der Waals surface area contributed by atoms with Crippen molar-refractivity contribution in [2.45, 2.75) is 106 Å². The Morgan fingerprint density at radius 1 is 0.707 bits per heavy atom. The van der Waals surface area contributed by atoms with E-state index in [1.165, 1.54) is 29.2 Å². The van der Waals surface area contributed by atoms with Gasteiger partial charge >= 0.3 is 0 Å². The summed E-state index contributed by atoms with van der Waals surface area (Å²) in [5, 5.41) is 27.6. The molecule has 75 heavy (non-hydrogen) atoms. The number of benzene rings is 2. The van der Waals surface area contributed by atoms with Crippen LogP contribution in [0.1, 0.15) is 56.1 Å². The molecule has 29 heteroatoms. The number of primary amides is 3. The van der Waals surface area contributed by atoms with Crippen LogP contribution >= 0.6 is 21.6 Å². The molecule has 2 heterocycles. The highest BCUT2D eigenvalue weighted by Crippen LogP contribution is 2.26. The van der Waals surface area contributed by atoms with Gasteiger partial charge in [0, 0.05) is 43.9 Å². The number of carbonyl (C=O) groups excluding carboxylic acids is 11. The number of amides is 11. The molecular weight excluding hydrogens is 1020 g/mol. The maximum atomic E-state index is 14.6. The first-order chi connectivity index (χ1) is 35.6. The van der Waals surface area contributed by atoms with E-state index in [1.807, 2.05) is 0 Å². The van der Waals surface area contributed by atoms with Crippen LogP contribution in [0.25, 0.3) is 0 Å². The summed E-state index contributed by atoms with van der Waals surface area (Å²) in [5.41, 5.74) is 34.4. The lowest BCUT2D eigenvalue weighted by atomic mass is 10.0. The summed E-state index contributed by atoms with van der Waals surface area (Å²) >= 11 is 0. The number of phenolic OH excluding ortho intramolecular Hbond substituents is 1. The third-order valence-electron chi connectivity index (χ3n) is 11.6. The zero-order chi connectivity index (χ0) is 55.2. The molecule has 8 atom stereocenters. The predicted molar refractivity (Wildman–Crippen MR) is 276 cm³/mol. The lowest BCUT2D eigenvalue weighted by Gasteiger charge is -2.31. The number of guanidine groups is 1. The summed E-state index contributed by atoms with van der Waals surface area (Å²) in [6.45, 7) is -0.443. The number of aliphatic imine (C=N–C) groups is 1. The average Bonchev–Trinajstić information content (AvgIpc) is 3.86. The number of nitrogens with one attached hydrogen (secondary N) is 7. The monoisotopic (exact) mass is 1080 g/mol. The van der Waals surface area contributed by atoms with Crippen LogP contribution in [0.3, 0.4) is 0 Å². The van der Waals surface area contributed by atoms with Crippen LogP contribution in [-0.4, -0.2) is 160 Å². The van der Waals surface area contributed by atoms with E-state index in [1.54, 1.807) is 30.3 Å². The molecule has 27 nitrogen and oxygen atoms in total. The van der Waals surface area contributed by atoms with Crippen molar-refractivity contribution in [1.82, 2.24) is 42.1 Å². The van der Waals surface area contributed by atoms with Crippen molar-refractivity contribution >= 4 is 92.5 Å². The quantitative estimate of drug-likeness (QED) is 0.0270. The van der Waals surface area contributed by atoms with E-state index >= 15 is 0 Å². The topological polar surface area (TPSA) is 464 Å². The first kappa shape index (κ1) is 59.9. The molecule has 2 aromatic rings. The smallest absolute Gasteiger partial charge is 0.246 e. The average molecular weight is 1080 g/mol. The molecule has 2 aliphatic heterocycles. The van der Waals surface area contributed by atoms with Crippen molar-refractivity contribution in [2.24, 2.45) is 39.4 Å². The summed E-state index contributed by atoms with van der Waals surface area (Å²) in [7, 11) is 1.99. The number of rotatable bonds is 19. The molecule has 0 spiro atoms. The van der Waals surface area contributed by atoms with Gasteiger partial charge in [0.1, 0.15) is 48.0 Å². The lowest BCUT2D eigenvalue weighted by Crippen LogP contribution is -2.61. The Morgan fingerprint density at radius 3 is 1.89 bits per heavy atom. The second-order valence-electron chi connectivity index (χ2n) is 17.6. The van der Waals surface area contributed by atoms with E-state index in [0.29, 0.717) is 17.5 Å². The van der Waals surface area contributed by atoms with E-state index in [-0.39, 0.29) is 68.4 Å². The standard InChI is InChI=1S/C46H65N15O12S2/c47-27-22-74-75-23-33(45(73)61-17-5-9-34(61)44(72)56-28(8-4-16-53-46(51)52)39(67)54-21-37(50)65)60-43(71)32(20-36(49)64)59-40(68)29(14-15-35(48)63)55-41(69)31(18-24-6-2-1-3-7-24)58-42(70)30(57-38(27)66)19-25-10-12-26(62)13-11-25/h1-3,6-7,10-13,27-34,62H,4-5,8-9,14-23,47H2,(H2,48,63)(H2,49,64)(H2,50,65)(H,54,67)(H,55,69)(H,56,72)(H,57,66)(H,58,70)(H,59,68)(H,60,71)(H4,51,52,53)/t27-,28-,29?,30?,31-,32-,33?,34-/m0/s1. The Morgan fingerprint density at radius 2 is 1.28 bits per heavy atom. The van der Waals surface area contributed by atoms with Gasteiger partial charge in [-0.3, -0.25) is 57.7 Å². The molecule has 0 aliphatic carbocycles. The Kier molecular flexibility index (Phi) is 23.9. The number of hydrogen-bond donors (Lipinski definition) is 14. The molecule has 20 N–H and O–H groups in total. The van der Waals surface area contributed by atoms with Gasteiger partial charge in [0.2, 0.25) is 65.0 Å². The van der Waals surface area contributed by atoms with E-state index in [2.05, 4.69) is 42.2 Å². The predicted octanol–water partition coefficient (Wildman–Crippen LogP) is -5.40. The van der Waals surface area contributed by atoms with Gasteiger partial charge in [-0.15, -0.1) is 0 Å². The highest BCUT2D eigenvalue weighted by atomic mass is 33.1. The number of nitrogens with two attached hydrogens (primary N) is 6. The SMILES string of the molecule is NC(=O)CCC1NC(=O)[C@H](Cc2ccccc2)NC(=O)C(Cc2ccc(O)cc2)NC(=O)[C@@H](N)CSSCC(C(=O)N2CCC[C@H]2C(=O)N[C@@H](CCCN=C(N)N)C(=O)NCC(N)=O)NC(=O)[C@H](CC(N)=O)NC1=O. The van der Waals surface area contributed by atoms with Gasteiger partial charge in [-0.2, -0.15) is 0 Å². The van der Waals surface area contributed by atoms with Crippen LogP contribution < -0.4 is 71.6 Å². The summed E-state index contributed by atoms with van der Waals surface area (Å²) in [6, 6.07) is 2.80. The number of hydrogen-bond acceptors (Lipinski definition) is 16. The van der Waals surface area contributed by atoms with Gasteiger partial charge in [0.15, 0.2) is 5.96 Å². The summed E-state index contributed by atoms with van der Waals surface area (Å²) in [4.78, 5) is 153. The Labute approximate surface area is 439 Å². The van der Waals surface area contributed by atoms with Gasteiger partial charge in [-0.1, -0.05) is 64.1 Å². The maximum absolute atomic E-state index is 14.6. The van der Waals surface area contributed by atoms with Crippen molar-refractivity contribution < 1.29 is 57.8 Å². The third-order valence-corrected chi connectivity index (χ3v) is 14.1. The van der Waals surface area contributed by atoms with Gasteiger partial charge in [-0.05, 0) is 55.4 Å². The zero-order valence-electron chi connectivity index (χ0n) is 40.8. The minimum Gasteiger partial charge on any atom is -0.508 e. The summed E-state index contributed by atoms with van der Waals surface area (Å²) < 4.78 is 0. The molecule has 2 aliphatic rings. The lowest BCUT2D eigenvalue weighted by molar-refractivity contribution is -0.142. The molecule has 2 fully saturated rings. The van der Waals surface area contributed by atoms with Crippen LogP contribution in [0, 0.1) is 0 Å². The minimum atomic E-state index is -1.80. The van der Waals surface area contributed by atoms with Crippen LogP contribution in [0.2, 0.25) is 0 Å². The Balaban J connectivity index is 1.71. The van der Waals surface area contributed by atoms with Crippen LogP contribution in [0.15, 0.2) is 59.6 Å².